The topological polar surface area (TPSA) is 77.8 Å². The van der Waals surface area contributed by atoms with Gasteiger partial charge in [-0.15, -0.1) is 0 Å². The zero-order valence-corrected chi connectivity index (χ0v) is 14.1. The number of hydrogen-bond donors (Lipinski definition) is 3. The molecule has 0 bridgehead atoms. The number of hydrogen-bond acceptors (Lipinski definition) is 2. The summed E-state index contributed by atoms with van der Waals surface area (Å²) in [4.78, 5) is 29.0. The van der Waals surface area contributed by atoms with Crippen molar-refractivity contribution in [3.8, 4) is 0 Å². The van der Waals surface area contributed by atoms with Crippen LogP contribution in [0.1, 0.15) is 43.4 Å². The molecule has 2 aromatic carbocycles. The standard InChI is InChI=1S/C19H20FN3O2/c1-11(14-5-3-4-6-15(14)20)9-18(24)21-12(2)13-7-8-16-17(10-13)23-19(25)22-16/h3-8,10-12H,9H2,1-2H3,(H,21,24)(H2,22,23,25)/t11-,12+/m0/s1. The summed E-state index contributed by atoms with van der Waals surface area (Å²) in [5, 5.41) is 2.92. The van der Waals surface area contributed by atoms with Crippen LogP contribution in [-0.2, 0) is 4.79 Å². The van der Waals surface area contributed by atoms with Crippen molar-refractivity contribution in [1.82, 2.24) is 15.3 Å². The molecule has 1 aromatic heterocycles. The molecule has 0 aliphatic carbocycles. The molecule has 0 saturated heterocycles. The molecular weight excluding hydrogens is 321 g/mol. The van der Waals surface area contributed by atoms with E-state index in [0.717, 1.165) is 11.1 Å². The minimum Gasteiger partial charge on any atom is -0.350 e. The van der Waals surface area contributed by atoms with Crippen molar-refractivity contribution in [2.45, 2.75) is 32.2 Å². The molecular formula is C19H20FN3O2. The Hall–Kier alpha value is -2.89. The monoisotopic (exact) mass is 341 g/mol. The van der Waals surface area contributed by atoms with E-state index >= 15 is 0 Å². The number of halogens is 1. The van der Waals surface area contributed by atoms with E-state index in [1.165, 1.54) is 6.07 Å². The first kappa shape index (κ1) is 17.0. The first-order chi connectivity index (χ1) is 11.9. The summed E-state index contributed by atoms with van der Waals surface area (Å²) < 4.78 is 13.8. The van der Waals surface area contributed by atoms with Crippen LogP contribution in [0.15, 0.2) is 47.3 Å². The number of amides is 1. The Kier molecular flexibility index (Phi) is 4.70. The molecule has 0 unspecified atom stereocenters. The highest BCUT2D eigenvalue weighted by Crippen LogP contribution is 2.23. The second-order valence-electron chi connectivity index (χ2n) is 6.30. The van der Waals surface area contributed by atoms with Gasteiger partial charge in [0.15, 0.2) is 0 Å². The van der Waals surface area contributed by atoms with E-state index in [9.17, 15) is 14.0 Å². The first-order valence-corrected chi connectivity index (χ1v) is 8.20. The van der Waals surface area contributed by atoms with Crippen LogP contribution in [0.4, 0.5) is 4.39 Å². The van der Waals surface area contributed by atoms with Gasteiger partial charge in [-0.25, -0.2) is 9.18 Å². The van der Waals surface area contributed by atoms with Gasteiger partial charge in [-0.05, 0) is 42.2 Å². The summed E-state index contributed by atoms with van der Waals surface area (Å²) in [6, 6.07) is 11.8. The maximum Gasteiger partial charge on any atom is 0.323 e. The van der Waals surface area contributed by atoms with Gasteiger partial charge in [-0.1, -0.05) is 31.2 Å². The highest BCUT2D eigenvalue weighted by Gasteiger charge is 2.17. The summed E-state index contributed by atoms with van der Waals surface area (Å²) in [5.74, 6) is -0.652. The van der Waals surface area contributed by atoms with Gasteiger partial charge in [0.05, 0.1) is 17.1 Å². The van der Waals surface area contributed by atoms with Gasteiger partial charge in [0.25, 0.3) is 0 Å². The average molecular weight is 341 g/mol. The molecule has 0 radical (unpaired) electrons. The summed E-state index contributed by atoms with van der Waals surface area (Å²) in [6.45, 7) is 3.71. The Bertz CT molecular complexity index is 960. The van der Waals surface area contributed by atoms with E-state index in [0.29, 0.717) is 11.1 Å². The van der Waals surface area contributed by atoms with Crippen molar-refractivity contribution in [2.75, 3.05) is 0 Å². The number of carbonyl (C=O) groups excluding carboxylic acids is 1. The molecule has 130 valence electrons. The van der Waals surface area contributed by atoms with E-state index in [2.05, 4.69) is 15.3 Å². The predicted octanol–water partition coefficient (Wildman–Crippen LogP) is 3.37. The highest BCUT2D eigenvalue weighted by atomic mass is 19.1. The lowest BCUT2D eigenvalue weighted by atomic mass is 9.96. The van der Waals surface area contributed by atoms with Crippen molar-refractivity contribution < 1.29 is 9.18 Å². The molecule has 3 N–H and O–H groups in total. The average Bonchev–Trinajstić information content (AvgIpc) is 2.93. The van der Waals surface area contributed by atoms with E-state index < -0.39 is 0 Å². The van der Waals surface area contributed by atoms with E-state index in [-0.39, 0.29) is 35.8 Å². The maximum atomic E-state index is 13.8. The Morgan fingerprint density at radius 1 is 1.12 bits per heavy atom. The molecule has 5 nitrogen and oxygen atoms in total. The Morgan fingerprint density at radius 2 is 1.84 bits per heavy atom. The number of rotatable bonds is 5. The van der Waals surface area contributed by atoms with Gasteiger partial charge in [-0.2, -0.15) is 0 Å². The fraction of sp³-hybridized carbons (Fsp3) is 0.263. The number of H-pyrrole nitrogens is 2. The molecule has 0 aliphatic rings. The molecule has 3 aromatic rings. The van der Waals surface area contributed by atoms with Gasteiger partial charge in [0, 0.05) is 6.42 Å². The minimum absolute atomic E-state index is 0.147. The number of benzene rings is 2. The molecule has 1 amide bonds. The number of aromatic amines is 2. The molecule has 0 fully saturated rings. The predicted molar refractivity (Wildman–Crippen MR) is 94.9 cm³/mol. The highest BCUT2D eigenvalue weighted by molar-refractivity contribution is 5.78. The van der Waals surface area contributed by atoms with E-state index in [4.69, 9.17) is 0 Å². The van der Waals surface area contributed by atoms with Crippen molar-refractivity contribution in [3.05, 3.63) is 69.9 Å². The molecule has 1 heterocycles. The van der Waals surface area contributed by atoms with Crippen LogP contribution in [0.2, 0.25) is 0 Å². The van der Waals surface area contributed by atoms with Crippen molar-refractivity contribution >= 4 is 16.9 Å². The third kappa shape index (κ3) is 3.79. The summed E-state index contributed by atoms with van der Waals surface area (Å²) in [7, 11) is 0. The molecule has 0 saturated carbocycles. The third-order valence-electron chi connectivity index (χ3n) is 4.35. The number of carbonyl (C=O) groups is 1. The molecule has 0 aliphatic heterocycles. The fourth-order valence-corrected chi connectivity index (χ4v) is 2.97. The van der Waals surface area contributed by atoms with E-state index in [1.807, 2.05) is 26.0 Å². The van der Waals surface area contributed by atoms with Crippen molar-refractivity contribution in [1.29, 1.82) is 0 Å². The normalized spacial score (nSPS) is 13.6. The molecule has 2 atom stereocenters. The SMILES string of the molecule is C[C@@H](CC(=O)N[C@H](C)c1ccc2[nH]c(=O)[nH]c2c1)c1ccccc1F. The number of aromatic nitrogens is 2. The van der Waals surface area contributed by atoms with Crippen LogP contribution in [0.5, 0.6) is 0 Å². The Labute approximate surface area is 144 Å². The lowest BCUT2D eigenvalue weighted by Gasteiger charge is -2.17. The van der Waals surface area contributed by atoms with Crippen LogP contribution in [-0.4, -0.2) is 15.9 Å². The molecule has 25 heavy (non-hydrogen) atoms. The molecule has 3 rings (SSSR count). The zero-order valence-electron chi connectivity index (χ0n) is 14.1. The van der Waals surface area contributed by atoms with Gasteiger partial charge in [0.2, 0.25) is 5.91 Å². The number of fused-ring (bicyclic) bond motifs is 1. The van der Waals surface area contributed by atoms with Gasteiger partial charge >= 0.3 is 5.69 Å². The smallest absolute Gasteiger partial charge is 0.323 e. The van der Waals surface area contributed by atoms with Crippen LogP contribution >= 0.6 is 0 Å². The van der Waals surface area contributed by atoms with Gasteiger partial charge in [-0.3, -0.25) is 4.79 Å². The van der Waals surface area contributed by atoms with Gasteiger partial charge < -0.3 is 15.3 Å². The summed E-state index contributed by atoms with van der Waals surface area (Å²) >= 11 is 0. The molecule has 0 spiro atoms. The lowest BCUT2D eigenvalue weighted by Crippen LogP contribution is -2.27. The zero-order chi connectivity index (χ0) is 18.0. The lowest BCUT2D eigenvalue weighted by molar-refractivity contribution is -0.122. The van der Waals surface area contributed by atoms with Crippen LogP contribution < -0.4 is 11.0 Å². The summed E-state index contributed by atoms with van der Waals surface area (Å²) in [6.07, 6.45) is 0.203. The second kappa shape index (κ2) is 6.93. The second-order valence-corrected chi connectivity index (χ2v) is 6.30. The quantitative estimate of drug-likeness (QED) is 0.665. The fourth-order valence-electron chi connectivity index (χ4n) is 2.97. The maximum absolute atomic E-state index is 13.8. The van der Waals surface area contributed by atoms with Crippen LogP contribution in [0.3, 0.4) is 0 Å². The van der Waals surface area contributed by atoms with Crippen LogP contribution in [0, 0.1) is 5.82 Å². The minimum atomic E-state index is -0.294. The third-order valence-corrected chi connectivity index (χ3v) is 4.35. The number of nitrogens with one attached hydrogen (secondary N) is 3. The molecule has 6 heteroatoms. The first-order valence-electron chi connectivity index (χ1n) is 8.20. The van der Waals surface area contributed by atoms with Crippen molar-refractivity contribution in [3.63, 3.8) is 0 Å². The number of imidazole rings is 1. The Balaban J connectivity index is 1.67. The largest absolute Gasteiger partial charge is 0.350 e. The van der Waals surface area contributed by atoms with Gasteiger partial charge in [0.1, 0.15) is 5.82 Å². The summed E-state index contributed by atoms with van der Waals surface area (Å²) in [5.41, 5.74) is 2.58. The van der Waals surface area contributed by atoms with E-state index in [1.54, 1.807) is 24.3 Å². The Morgan fingerprint density at radius 3 is 2.60 bits per heavy atom. The van der Waals surface area contributed by atoms with Crippen LogP contribution in [0.25, 0.3) is 11.0 Å². The van der Waals surface area contributed by atoms with Crippen molar-refractivity contribution in [2.24, 2.45) is 0 Å².